The van der Waals surface area contributed by atoms with Crippen molar-refractivity contribution < 1.29 is 0 Å². The summed E-state index contributed by atoms with van der Waals surface area (Å²) in [5.41, 5.74) is 2.53. The second-order valence-electron chi connectivity index (χ2n) is 7.24. The molecule has 1 aromatic carbocycles. The molecule has 146 valence electrons. The lowest BCUT2D eigenvalue weighted by Gasteiger charge is -2.32. The Labute approximate surface area is 162 Å². The zero-order valence-electron chi connectivity index (χ0n) is 16.6. The standard InChI is InChI=1S/C21H32N6/c1-3-10-26-11-7-20(8-12-26)25-21(22-2)24-15-18-5-4-6-19(14-18)16-27-13-9-23-17-27/h4-6,9,13-14,17,20H,3,7-8,10-12,15-16H2,1-2H3,(H2,22,24,25). The van der Waals surface area contributed by atoms with E-state index in [4.69, 9.17) is 0 Å². The van der Waals surface area contributed by atoms with Gasteiger partial charge < -0.3 is 20.1 Å². The summed E-state index contributed by atoms with van der Waals surface area (Å²) in [5.74, 6) is 0.893. The Kier molecular flexibility index (Phi) is 7.27. The van der Waals surface area contributed by atoms with E-state index < -0.39 is 0 Å². The van der Waals surface area contributed by atoms with Gasteiger partial charge in [-0.2, -0.15) is 0 Å². The molecule has 2 aromatic rings. The highest BCUT2D eigenvalue weighted by atomic mass is 15.2. The van der Waals surface area contributed by atoms with Gasteiger partial charge in [-0.25, -0.2) is 4.98 Å². The van der Waals surface area contributed by atoms with Crippen LogP contribution in [0.15, 0.2) is 48.0 Å². The SMILES string of the molecule is CCCN1CCC(NC(=NC)NCc2cccc(Cn3ccnc3)c2)CC1. The van der Waals surface area contributed by atoms with Gasteiger partial charge in [0, 0.05) is 51.7 Å². The summed E-state index contributed by atoms with van der Waals surface area (Å²) in [6.07, 6.45) is 9.25. The fraction of sp³-hybridized carbons (Fsp3) is 0.524. The highest BCUT2D eigenvalue weighted by Gasteiger charge is 2.19. The van der Waals surface area contributed by atoms with Crippen molar-refractivity contribution in [2.45, 2.75) is 45.3 Å². The van der Waals surface area contributed by atoms with Crippen LogP contribution in [0.5, 0.6) is 0 Å². The minimum absolute atomic E-state index is 0.511. The number of hydrogen-bond acceptors (Lipinski definition) is 3. The van der Waals surface area contributed by atoms with Crippen molar-refractivity contribution >= 4 is 5.96 Å². The maximum Gasteiger partial charge on any atom is 0.191 e. The molecular formula is C21H32N6. The second-order valence-corrected chi connectivity index (χ2v) is 7.24. The van der Waals surface area contributed by atoms with Crippen LogP contribution in [-0.4, -0.2) is 53.1 Å². The Morgan fingerprint density at radius 2 is 2.07 bits per heavy atom. The van der Waals surface area contributed by atoms with Crippen molar-refractivity contribution in [1.82, 2.24) is 25.1 Å². The lowest BCUT2D eigenvalue weighted by atomic mass is 10.1. The van der Waals surface area contributed by atoms with E-state index in [1.807, 2.05) is 25.8 Å². The van der Waals surface area contributed by atoms with Crippen molar-refractivity contribution in [3.8, 4) is 0 Å². The molecule has 0 atom stereocenters. The van der Waals surface area contributed by atoms with E-state index in [0.717, 1.165) is 19.0 Å². The molecule has 0 spiro atoms. The van der Waals surface area contributed by atoms with Gasteiger partial charge in [-0.05, 0) is 36.9 Å². The van der Waals surface area contributed by atoms with Gasteiger partial charge in [-0.15, -0.1) is 0 Å². The third-order valence-electron chi connectivity index (χ3n) is 5.07. The average Bonchev–Trinajstić information content (AvgIpc) is 3.20. The highest BCUT2D eigenvalue weighted by Crippen LogP contribution is 2.11. The van der Waals surface area contributed by atoms with Crippen LogP contribution < -0.4 is 10.6 Å². The van der Waals surface area contributed by atoms with Gasteiger partial charge in [0.2, 0.25) is 0 Å². The predicted octanol–water partition coefficient (Wildman–Crippen LogP) is 2.47. The van der Waals surface area contributed by atoms with Crippen molar-refractivity contribution in [2.75, 3.05) is 26.7 Å². The molecule has 0 saturated carbocycles. The molecule has 0 unspecified atom stereocenters. The van der Waals surface area contributed by atoms with E-state index in [2.05, 4.69) is 61.3 Å². The third-order valence-corrected chi connectivity index (χ3v) is 5.07. The van der Waals surface area contributed by atoms with Gasteiger partial charge in [-0.3, -0.25) is 4.99 Å². The highest BCUT2D eigenvalue weighted by molar-refractivity contribution is 5.79. The van der Waals surface area contributed by atoms with E-state index in [0.29, 0.717) is 6.04 Å². The number of imidazole rings is 1. The molecule has 2 N–H and O–H groups in total. The second kappa shape index (κ2) is 10.1. The quantitative estimate of drug-likeness (QED) is 0.582. The Bertz CT molecular complexity index is 701. The smallest absolute Gasteiger partial charge is 0.191 e. The van der Waals surface area contributed by atoms with E-state index in [1.165, 1.54) is 50.0 Å². The Morgan fingerprint density at radius 1 is 1.26 bits per heavy atom. The van der Waals surface area contributed by atoms with Crippen LogP contribution >= 0.6 is 0 Å². The zero-order chi connectivity index (χ0) is 18.9. The topological polar surface area (TPSA) is 57.5 Å². The molecule has 1 saturated heterocycles. The third kappa shape index (κ3) is 6.10. The number of guanidine groups is 1. The molecule has 0 radical (unpaired) electrons. The van der Waals surface area contributed by atoms with Gasteiger partial charge in [0.05, 0.1) is 6.33 Å². The largest absolute Gasteiger partial charge is 0.354 e. The molecule has 1 fully saturated rings. The lowest BCUT2D eigenvalue weighted by Crippen LogP contribution is -2.48. The Morgan fingerprint density at radius 3 is 2.78 bits per heavy atom. The summed E-state index contributed by atoms with van der Waals surface area (Å²) in [5, 5.41) is 7.05. The van der Waals surface area contributed by atoms with Crippen LogP contribution in [0.25, 0.3) is 0 Å². The molecule has 6 heteroatoms. The van der Waals surface area contributed by atoms with E-state index in [1.54, 1.807) is 0 Å². The molecule has 1 aliphatic heterocycles. The van der Waals surface area contributed by atoms with Crippen LogP contribution in [0.1, 0.15) is 37.3 Å². The summed E-state index contributed by atoms with van der Waals surface area (Å²) < 4.78 is 2.08. The summed E-state index contributed by atoms with van der Waals surface area (Å²) in [4.78, 5) is 11.1. The minimum Gasteiger partial charge on any atom is -0.354 e. The first kappa shape index (κ1) is 19.4. The number of aromatic nitrogens is 2. The normalized spacial score (nSPS) is 16.4. The molecule has 0 amide bonds. The van der Waals surface area contributed by atoms with E-state index >= 15 is 0 Å². The minimum atomic E-state index is 0.511. The maximum atomic E-state index is 4.40. The molecule has 3 rings (SSSR count). The number of aliphatic imine (C=N–C) groups is 1. The maximum absolute atomic E-state index is 4.40. The van der Waals surface area contributed by atoms with Gasteiger partial charge in [-0.1, -0.05) is 31.2 Å². The average molecular weight is 369 g/mol. The number of rotatable bonds is 7. The molecule has 2 heterocycles. The number of piperidine rings is 1. The number of likely N-dealkylation sites (tertiary alicyclic amines) is 1. The van der Waals surface area contributed by atoms with Gasteiger partial charge >= 0.3 is 0 Å². The fourth-order valence-electron chi connectivity index (χ4n) is 3.62. The number of nitrogens with one attached hydrogen (secondary N) is 2. The first-order chi connectivity index (χ1) is 13.3. The van der Waals surface area contributed by atoms with E-state index in [9.17, 15) is 0 Å². The fourth-order valence-corrected chi connectivity index (χ4v) is 3.62. The Balaban J connectivity index is 1.47. The molecule has 1 aliphatic rings. The predicted molar refractivity (Wildman–Crippen MR) is 111 cm³/mol. The zero-order valence-corrected chi connectivity index (χ0v) is 16.6. The van der Waals surface area contributed by atoms with Crippen molar-refractivity contribution in [3.05, 3.63) is 54.1 Å². The number of hydrogen-bond donors (Lipinski definition) is 2. The molecular weight excluding hydrogens is 336 g/mol. The van der Waals surface area contributed by atoms with Crippen molar-refractivity contribution in [1.29, 1.82) is 0 Å². The molecule has 6 nitrogen and oxygen atoms in total. The Hall–Kier alpha value is -2.34. The van der Waals surface area contributed by atoms with Gasteiger partial charge in [0.25, 0.3) is 0 Å². The van der Waals surface area contributed by atoms with Crippen LogP contribution in [0.4, 0.5) is 0 Å². The van der Waals surface area contributed by atoms with Gasteiger partial charge in [0.15, 0.2) is 5.96 Å². The molecule has 1 aromatic heterocycles. The van der Waals surface area contributed by atoms with Crippen molar-refractivity contribution in [2.24, 2.45) is 4.99 Å². The number of benzene rings is 1. The van der Waals surface area contributed by atoms with E-state index in [-0.39, 0.29) is 0 Å². The first-order valence-electron chi connectivity index (χ1n) is 10.00. The first-order valence-corrected chi connectivity index (χ1v) is 10.00. The number of nitrogens with zero attached hydrogens (tertiary/aromatic N) is 4. The van der Waals surface area contributed by atoms with Crippen LogP contribution in [-0.2, 0) is 13.1 Å². The monoisotopic (exact) mass is 368 g/mol. The summed E-state index contributed by atoms with van der Waals surface area (Å²) in [7, 11) is 1.84. The molecule has 27 heavy (non-hydrogen) atoms. The van der Waals surface area contributed by atoms with Crippen LogP contribution in [0, 0.1) is 0 Å². The van der Waals surface area contributed by atoms with Crippen LogP contribution in [0.2, 0.25) is 0 Å². The van der Waals surface area contributed by atoms with Crippen molar-refractivity contribution in [3.63, 3.8) is 0 Å². The molecule has 0 aliphatic carbocycles. The van der Waals surface area contributed by atoms with Crippen LogP contribution in [0.3, 0.4) is 0 Å². The summed E-state index contributed by atoms with van der Waals surface area (Å²) in [6.45, 7) is 7.44. The lowest BCUT2D eigenvalue weighted by molar-refractivity contribution is 0.206. The summed E-state index contributed by atoms with van der Waals surface area (Å²) in [6, 6.07) is 9.17. The summed E-state index contributed by atoms with van der Waals surface area (Å²) >= 11 is 0. The van der Waals surface area contributed by atoms with Gasteiger partial charge in [0.1, 0.15) is 0 Å². The molecule has 0 bridgehead atoms.